The molecule has 0 aliphatic rings. The zero-order valence-corrected chi connectivity index (χ0v) is 19.0. The summed E-state index contributed by atoms with van der Waals surface area (Å²) in [6.45, 7) is 5.41. The fourth-order valence-electron chi connectivity index (χ4n) is 3.00. The average molecular weight is 469 g/mol. The molecule has 0 fully saturated rings. The van der Waals surface area contributed by atoms with Crippen LogP contribution in [0.2, 0.25) is 5.02 Å². The Labute approximate surface area is 189 Å². The van der Waals surface area contributed by atoms with Gasteiger partial charge in [0.25, 0.3) is 0 Å². The zero-order chi connectivity index (χ0) is 22.6. The molecular formula is C20H22ClFN4O2S2. The Morgan fingerprint density at radius 1 is 1.30 bits per heavy atom. The molecule has 0 saturated heterocycles. The van der Waals surface area contributed by atoms with Gasteiger partial charge < -0.3 is 16.2 Å². The molecule has 1 amide bonds. The molecule has 30 heavy (non-hydrogen) atoms. The van der Waals surface area contributed by atoms with Crippen LogP contribution in [0.15, 0.2) is 35.2 Å². The van der Waals surface area contributed by atoms with E-state index in [-0.39, 0.29) is 4.99 Å². The van der Waals surface area contributed by atoms with Crippen molar-refractivity contribution in [3.63, 3.8) is 0 Å². The number of nitrogens with two attached hydrogens (primary N) is 2. The van der Waals surface area contributed by atoms with Gasteiger partial charge in [-0.3, -0.25) is 5.41 Å². The van der Waals surface area contributed by atoms with Crippen molar-refractivity contribution in [1.82, 2.24) is 4.72 Å². The summed E-state index contributed by atoms with van der Waals surface area (Å²) < 4.78 is 22.5. The first-order valence-corrected chi connectivity index (χ1v) is 10.5. The Kier molecular flexibility index (Phi) is 8.19. The normalized spacial score (nSPS) is 12.8. The molecule has 0 aromatic heterocycles. The third-order valence-corrected chi connectivity index (χ3v) is 6.09. The Bertz CT molecular complexity index is 1000. The summed E-state index contributed by atoms with van der Waals surface area (Å²) in [6, 6.07) is 7.19. The average Bonchev–Trinajstić information content (AvgIpc) is 2.65. The number of amides is 1. The molecule has 6 nitrogen and oxygen atoms in total. The van der Waals surface area contributed by atoms with E-state index in [2.05, 4.69) is 4.72 Å². The minimum atomic E-state index is -1.12. The molecule has 0 unspecified atom stereocenters. The second kappa shape index (κ2) is 10.2. The highest BCUT2D eigenvalue weighted by Crippen LogP contribution is 2.31. The molecule has 2 atom stereocenters. The number of primary amides is 1. The van der Waals surface area contributed by atoms with Gasteiger partial charge in [-0.15, -0.1) is 0 Å². The Morgan fingerprint density at radius 2 is 1.97 bits per heavy atom. The van der Waals surface area contributed by atoms with Crippen LogP contribution >= 0.6 is 35.8 Å². The summed E-state index contributed by atoms with van der Waals surface area (Å²) in [6.07, 6.45) is -1.12. The van der Waals surface area contributed by atoms with Gasteiger partial charge in [0.05, 0.1) is 0 Å². The second-order valence-electron chi connectivity index (χ2n) is 6.68. The predicted octanol–water partition coefficient (Wildman–Crippen LogP) is 4.57. The molecule has 0 spiro atoms. The van der Waals surface area contributed by atoms with Crippen molar-refractivity contribution >= 4 is 52.7 Å². The fourth-order valence-corrected chi connectivity index (χ4v) is 4.38. The first-order chi connectivity index (χ1) is 14.0. The van der Waals surface area contributed by atoms with E-state index in [0.29, 0.717) is 21.0 Å². The lowest BCUT2D eigenvalue weighted by molar-refractivity contribution is 0.204. The van der Waals surface area contributed by atoms with E-state index in [1.165, 1.54) is 6.07 Å². The topological polar surface area (TPSA) is 114 Å². The highest BCUT2D eigenvalue weighted by molar-refractivity contribution is 7.97. The van der Waals surface area contributed by atoms with Gasteiger partial charge in [-0.2, -0.15) is 0 Å². The van der Waals surface area contributed by atoms with Crippen LogP contribution in [0.1, 0.15) is 35.1 Å². The predicted molar refractivity (Wildman–Crippen MR) is 123 cm³/mol. The van der Waals surface area contributed by atoms with Crippen molar-refractivity contribution in [2.75, 3.05) is 0 Å². The number of ether oxygens (including phenoxy) is 1. The van der Waals surface area contributed by atoms with Crippen molar-refractivity contribution in [2.45, 2.75) is 37.6 Å². The Balaban J connectivity index is 2.40. The first-order valence-electron chi connectivity index (χ1n) is 8.86. The van der Waals surface area contributed by atoms with Gasteiger partial charge >= 0.3 is 6.09 Å². The number of hydrogen-bond acceptors (Lipinski definition) is 6. The number of rotatable bonds is 7. The number of carbonyl (C=O) groups excluding carboxylic acids is 1. The maximum absolute atomic E-state index is 14.7. The van der Waals surface area contributed by atoms with Gasteiger partial charge in [-0.05, 0) is 66.8 Å². The molecule has 0 heterocycles. The third kappa shape index (κ3) is 5.69. The molecule has 0 aliphatic carbocycles. The lowest BCUT2D eigenvalue weighted by Crippen LogP contribution is -2.40. The van der Waals surface area contributed by atoms with E-state index in [1.54, 1.807) is 38.1 Å². The van der Waals surface area contributed by atoms with E-state index < -0.39 is 29.8 Å². The van der Waals surface area contributed by atoms with Crippen LogP contribution < -0.4 is 16.2 Å². The van der Waals surface area contributed by atoms with Gasteiger partial charge in [-0.1, -0.05) is 36.8 Å². The second-order valence-corrected chi connectivity index (χ2v) is 8.44. The fraction of sp³-hybridized carbons (Fsp3) is 0.250. The van der Waals surface area contributed by atoms with E-state index in [1.807, 2.05) is 6.92 Å². The quantitative estimate of drug-likeness (QED) is 0.205. The van der Waals surface area contributed by atoms with Crippen molar-refractivity contribution < 1.29 is 13.9 Å². The largest absolute Gasteiger partial charge is 0.411 e. The number of carbonyl (C=O) groups is 1. The molecule has 160 valence electrons. The summed E-state index contributed by atoms with van der Waals surface area (Å²) in [5.74, 6) is -1.41. The van der Waals surface area contributed by atoms with E-state index in [4.69, 9.17) is 45.4 Å². The van der Waals surface area contributed by atoms with E-state index in [9.17, 15) is 9.18 Å². The lowest BCUT2D eigenvalue weighted by atomic mass is 9.88. The summed E-state index contributed by atoms with van der Waals surface area (Å²) in [4.78, 5) is 12.0. The summed E-state index contributed by atoms with van der Waals surface area (Å²) in [5, 5.41) is 8.66. The molecule has 6 N–H and O–H groups in total. The molecule has 0 radical (unpaired) electrons. The Morgan fingerprint density at radius 3 is 2.57 bits per heavy atom. The van der Waals surface area contributed by atoms with E-state index in [0.717, 1.165) is 23.1 Å². The van der Waals surface area contributed by atoms with Gasteiger partial charge in [-0.25, -0.2) is 13.9 Å². The zero-order valence-electron chi connectivity index (χ0n) is 16.6. The highest BCUT2D eigenvalue weighted by Gasteiger charge is 2.30. The third-order valence-electron chi connectivity index (χ3n) is 4.68. The molecule has 0 bridgehead atoms. The molecule has 2 aromatic carbocycles. The van der Waals surface area contributed by atoms with Crippen molar-refractivity contribution in [3.8, 4) is 0 Å². The van der Waals surface area contributed by atoms with Crippen molar-refractivity contribution in [1.29, 1.82) is 5.41 Å². The summed E-state index contributed by atoms with van der Waals surface area (Å²) in [7, 11) is 0. The van der Waals surface area contributed by atoms with Crippen LogP contribution in [0.25, 0.3) is 0 Å². The number of nitrogens with one attached hydrogen (secondary N) is 2. The first kappa shape index (κ1) is 24.1. The molecule has 2 rings (SSSR count). The SMILES string of the molecule is Cc1ccc(F)c([C@@H](C)[C@H](NSc2ccc(Cl)cc2C(N)=S)C(=N)OC(N)=O)c1C. The van der Waals surface area contributed by atoms with Gasteiger partial charge in [0.2, 0.25) is 5.90 Å². The Hall–Kier alpha value is -2.20. The van der Waals surface area contributed by atoms with Crippen LogP contribution in [0.4, 0.5) is 9.18 Å². The van der Waals surface area contributed by atoms with Crippen LogP contribution in [-0.4, -0.2) is 23.0 Å². The van der Waals surface area contributed by atoms with Crippen LogP contribution in [0.5, 0.6) is 0 Å². The van der Waals surface area contributed by atoms with Gasteiger partial charge in [0, 0.05) is 21.4 Å². The van der Waals surface area contributed by atoms with E-state index >= 15 is 0 Å². The molecule has 0 saturated carbocycles. The van der Waals surface area contributed by atoms with Crippen LogP contribution in [0, 0.1) is 25.1 Å². The molecule has 0 aliphatic heterocycles. The standard InChI is InChI=1S/C20H22ClFN4O2S2/c1-9-4-6-14(22)16(10(9)2)11(3)17(18(23)28-20(25)27)26-30-15-7-5-12(21)8-13(15)19(24)29/h4-8,11,17,23,26H,1-3H3,(H2,24,29)(H2,25,27)/t11-,17+/m1/s1. The lowest BCUT2D eigenvalue weighted by Gasteiger charge is -2.27. The summed E-state index contributed by atoms with van der Waals surface area (Å²) in [5.41, 5.74) is 13.5. The van der Waals surface area contributed by atoms with Gasteiger partial charge in [0.15, 0.2) is 0 Å². The maximum Gasteiger partial charge on any atom is 0.411 e. The number of halogens is 2. The number of benzene rings is 2. The minimum Gasteiger partial charge on any atom is -0.394 e. The van der Waals surface area contributed by atoms with Crippen molar-refractivity contribution in [2.24, 2.45) is 11.5 Å². The smallest absolute Gasteiger partial charge is 0.394 e. The summed E-state index contributed by atoms with van der Waals surface area (Å²) >= 11 is 12.2. The number of aryl methyl sites for hydroxylation is 1. The molecular weight excluding hydrogens is 447 g/mol. The molecule has 2 aromatic rings. The highest BCUT2D eigenvalue weighted by atomic mass is 35.5. The maximum atomic E-state index is 14.7. The minimum absolute atomic E-state index is 0.149. The van der Waals surface area contributed by atoms with Gasteiger partial charge in [0.1, 0.15) is 16.8 Å². The van der Waals surface area contributed by atoms with Crippen LogP contribution in [0.3, 0.4) is 0 Å². The monoisotopic (exact) mass is 468 g/mol. The van der Waals surface area contributed by atoms with Crippen molar-refractivity contribution in [3.05, 3.63) is 63.4 Å². The van der Waals surface area contributed by atoms with Crippen LogP contribution in [-0.2, 0) is 4.74 Å². The number of thiocarbonyl (C=S) groups is 1. The molecule has 10 heteroatoms. The number of hydrogen-bond donors (Lipinski definition) is 4.